The number of benzene rings is 1. The predicted octanol–water partition coefficient (Wildman–Crippen LogP) is 2.04. The number of aryl methyl sites for hydroxylation is 1. The van der Waals surface area contributed by atoms with Crippen LogP contribution in [0.2, 0.25) is 5.02 Å². The maximum atomic E-state index is 12.0. The lowest BCUT2D eigenvalue weighted by molar-refractivity contribution is 0.0773. The molecule has 0 spiro atoms. The number of carbonyl (C=O) groups is 1. The first kappa shape index (κ1) is 12.6. The average Bonchev–Trinajstić information content (AvgIpc) is 2.78. The molecule has 2 aromatic rings. The van der Waals surface area contributed by atoms with Crippen molar-refractivity contribution in [2.75, 3.05) is 7.05 Å². The lowest BCUT2D eigenvalue weighted by atomic mass is 10.2. The van der Waals surface area contributed by atoms with Crippen LogP contribution in [-0.2, 0) is 6.54 Å². The highest BCUT2D eigenvalue weighted by atomic mass is 35.5. The Morgan fingerprint density at radius 1 is 1.39 bits per heavy atom. The maximum absolute atomic E-state index is 12.0. The van der Waals surface area contributed by atoms with Gasteiger partial charge in [-0.25, -0.2) is 4.98 Å². The predicted molar refractivity (Wildman–Crippen MR) is 68.4 cm³/mol. The Hall–Kier alpha value is -1.88. The molecule has 1 heterocycles. The zero-order valence-electron chi connectivity index (χ0n) is 10.1. The molecule has 6 heteroatoms. The summed E-state index contributed by atoms with van der Waals surface area (Å²) in [5, 5.41) is 7.17. The van der Waals surface area contributed by atoms with Crippen LogP contribution in [0.25, 0.3) is 0 Å². The molecule has 5 nitrogen and oxygen atoms in total. The van der Waals surface area contributed by atoms with E-state index >= 15 is 0 Å². The molecule has 0 saturated carbocycles. The molecule has 0 aliphatic heterocycles. The van der Waals surface area contributed by atoms with Gasteiger partial charge in [0.2, 0.25) is 5.82 Å². The molecular formula is C12H13ClN4O. The Morgan fingerprint density at radius 2 is 2.06 bits per heavy atom. The highest BCUT2D eigenvalue weighted by molar-refractivity contribution is 6.30. The molecule has 18 heavy (non-hydrogen) atoms. The fourth-order valence-electron chi connectivity index (χ4n) is 1.54. The Balaban J connectivity index is 2.05. The lowest BCUT2D eigenvalue weighted by Crippen LogP contribution is -2.27. The number of nitrogens with zero attached hydrogens (tertiary/aromatic N) is 3. The van der Waals surface area contributed by atoms with E-state index in [2.05, 4.69) is 15.2 Å². The van der Waals surface area contributed by atoms with Crippen molar-refractivity contribution in [2.45, 2.75) is 13.5 Å². The van der Waals surface area contributed by atoms with E-state index in [1.54, 1.807) is 31.0 Å². The molecule has 0 bridgehead atoms. The van der Waals surface area contributed by atoms with E-state index in [-0.39, 0.29) is 11.7 Å². The smallest absolute Gasteiger partial charge is 0.293 e. The van der Waals surface area contributed by atoms with Crippen molar-refractivity contribution < 1.29 is 4.79 Å². The van der Waals surface area contributed by atoms with Crippen molar-refractivity contribution in [3.63, 3.8) is 0 Å². The number of halogens is 1. The van der Waals surface area contributed by atoms with Gasteiger partial charge < -0.3 is 4.90 Å². The van der Waals surface area contributed by atoms with Gasteiger partial charge >= 0.3 is 0 Å². The molecule has 0 saturated heterocycles. The van der Waals surface area contributed by atoms with Gasteiger partial charge in [-0.15, -0.1) is 5.10 Å². The summed E-state index contributed by atoms with van der Waals surface area (Å²) in [4.78, 5) is 17.6. The zero-order valence-corrected chi connectivity index (χ0v) is 10.9. The van der Waals surface area contributed by atoms with E-state index in [9.17, 15) is 4.79 Å². The molecule has 0 aliphatic carbocycles. The Labute approximate surface area is 110 Å². The van der Waals surface area contributed by atoms with E-state index in [1.165, 1.54) is 0 Å². The normalized spacial score (nSPS) is 10.4. The minimum absolute atomic E-state index is 0.184. The third-order valence-electron chi connectivity index (χ3n) is 2.47. The first-order chi connectivity index (χ1) is 8.56. The van der Waals surface area contributed by atoms with Gasteiger partial charge in [0.1, 0.15) is 5.82 Å². The van der Waals surface area contributed by atoms with Crippen LogP contribution >= 0.6 is 11.6 Å². The molecule has 0 fully saturated rings. The first-order valence-electron chi connectivity index (χ1n) is 5.45. The van der Waals surface area contributed by atoms with Crippen LogP contribution in [0.1, 0.15) is 22.0 Å². The van der Waals surface area contributed by atoms with Crippen LogP contribution in [0.5, 0.6) is 0 Å². The largest absolute Gasteiger partial charge is 0.335 e. The maximum Gasteiger partial charge on any atom is 0.293 e. The third kappa shape index (κ3) is 2.87. The van der Waals surface area contributed by atoms with Crippen molar-refractivity contribution in [3.05, 3.63) is 46.5 Å². The second-order valence-corrected chi connectivity index (χ2v) is 4.47. The van der Waals surface area contributed by atoms with Gasteiger partial charge in [0.15, 0.2) is 0 Å². The highest BCUT2D eigenvalue weighted by Gasteiger charge is 2.16. The van der Waals surface area contributed by atoms with Crippen molar-refractivity contribution >= 4 is 17.5 Å². The standard InChI is InChI=1S/C12H13ClN4O/c1-8-14-11(16-15-8)12(18)17(2)7-9-3-5-10(13)6-4-9/h3-6H,7H2,1-2H3,(H,14,15,16). The second kappa shape index (κ2) is 5.18. The molecule has 94 valence electrons. The van der Waals surface area contributed by atoms with Crippen LogP contribution in [0.15, 0.2) is 24.3 Å². The number of hydrogen-bond donors (Lipinski definition) is 1. The molecule has 2 rings (SSSR count). The van der Waals surface area contributed by atoms with Gasteiger partial charge in [-0.2, -0.15) is 0 Å². The lowest BCUT2D eigenvalue weighted by Gasteiger charge is -2.15. The molecule has 0 unspecified atom stereocenters. The minimum Gasteiger partial charge on any atom is -0.335 e. The van der Waals surface area contributed by atoms with Gasteiger partial charge in [-0.3, -0.25) is 9.89 Å². The fraction of sp³-hybridized carbons (Fsp3) is 0.250. The van der Waals surface area contributed by atoms with Crippen LogP contribution in [0.4, 0.5) is 0 Å². The number of nitrogens with one attached hydrogen (secondary N) is 1. The molecule has 1 amide bonds. The van der Waals surface area contributed by atoms with E-state index in [4.69, 9.17) is 11.6 Å². The molecule has 1 aromatic heterocycles. The summed E-state index contributed by atoms with van der Waals surface area (Å²) in [7, 11) is 1.71. The average molecular weight is 265 g/mol. The molecule has 0 aliphatic rings. The minimum atomic E-state index is -0.214. The molecule has 0 atom stereocenters. The van der Waals surface area contributed by atoms with Crippen molar-refractivity contribution in [1.29, 1.82) is 0 Å². The topological polar surface area (TPSA) is 61.9 Å². The van der Waals surface area contributed by atoms with Gasteiger partial charge in [0.05, 0.1) is 0 Å². The zero-order chi connectivity index (χ0) is 13.1. The number of H-pyrrole nitrogens is 1. The van der Waals surface area contributed by atoms with Crippen molar-refractivity contribution in [2.24, 2.45) is 0 Å². The van der Waals surface area contributed by atoms with E-state index in [0.29, 0.717) is 17.4 Å². The molecule has 0 radical (unpaired) electrons. The van der Waals surface area contributed by atoms with Gasteiger partial charge in [-0.1, -0.05) is 23.7 Å². The number of hydrogen-bond acceptors (Lipinski definition) is 3. The number of amides is 1. The fourth-order valence-corrected chi connectivity index (χ4v) is 1.67. The number of aromatic nitrogens is 3. The van der Waals surface area contributed by atoms with E-state index < -0.39 is 0 Å². The van der Waals surface area contributed by atoms with E-state index in [1.807, 2.05) is 12.1 Å². The monoisotopic (exact) mass is 264 g/mol. The molecule has 1 N–H and O–H groups in total. The number of carbonyl (C=O) groups excluding carboxylic acids is 1. The third-order valence-corrected chi connectivity index (χ3v) is 2.72. The van der Waals surface area contributed by atoms with Crippen molar-refractivity contribution in [3.8, 4) is 0 Å². The first-order valence-corrected chi connectivity index (χ1v) is 5.83. The number of aromatic amines is 1. The summed E-state index contributed by atoms with van der Waals surface area (Å²) in [6, 6.07) is 7.36. The Bertz CT molecular complexity index is 549. The van der Waals surface area contributed by atoms with Gasteiger partial charge in [0, 0.05) is 18.6 Å². The molecule has 1 aromatic carbocycles. The van der Waals surface area contributed by atoms with Gasteiger partial charge in [0.25, 0.3) is 5.91 Å². The summed E-state index contributed by atoms with van der Waals surface area (Å²) in [5.74, 6) is 0.594. The second-order valence-electron chi connectivity index (χ2n) is 4.03. The Kier molecular flexibility index (Phi) is 3.62. The summed E-state index contributed by atoms with van der Waals surface area (Å²) < 4.78 is 0. The SMILES string of the molecule is Cc1nc(C(=O)N(C)Cc2ccc(Cl)cc2)n[nH]1. The summed E-state index contributed by atoms with van der Waals surface area (Å²) in [5.41, 5.74) is 1.00. The number of rotatable bonds is 3. The van der Waals surface area contributed by atoms with Gasteiger partial charge in [-0.05, 0) is 24.6 Å². The van der Waals surface area contributed by atoms with Crippen LogP contribution in [0, 0.1) is 6.92 Å². The summed E-state index contributed by atoms with van der Waals surface area (Å²) in [6.45, 7) is 2.24. The molecular weight excluding hydrogens is 252 g/mol. The highest BCUT2D eigenvalue weighted by Crippen LogP contribution is 2.11. The van der Waals surface area contributed by atoms with Crippen LogP contribution in [0.3, 0.4) is 0 Å². The quantitative estimate of drug-likeness (QED) is 0.923. The van der Waals surface area contributed by atoms with Crippen LogP contribution in [-0.4, -0.2) is 33.0 Å². The van der Waals surface area contributed by atoms with E-state index in [0.717, 1.165) is 5.56 Å². The Morgan fingerprint density at radius 3 is 2.61 bits per heavy atom. The summed E-state index contributed by atoms with van der Waals surface area (Å²) in [6.07, 6.45) is 0. The van der Waals surface area contributed by atoms with Crippen LogP contribution < -0.4 is 0 Å². The van der Waals surface area contributed by atoms with Crippen molar-refractivity contribution in [1.82, 2.24) is 20.1 Å². The summed E-state index contributed by atoms with van der Waals surface area (Å²) >= 11 is 5.80.